The van der Waals surface area contributed by atoms with Gasteiger partial charge in [-0.15, -0.1) is 0 Å². The molecule has 1 aromatic heterocycles. The molecule has 0 saturated heterocycles. The first-order valence-electron chi connectivity index (χ1n) is 4.01. The predicted molar refractivity (Wildman–Crippen MR) is 47.4 cm³/mol. The van der Waals surface area contributed by atoms with E-state index in [0.717, 1.165) is 12.2 Å². The van der Waals surface area contributed by atoms with Crippen molar-refractivity contribution in [3.8, 4) is 0 Å². The van der Waals surface area contributed by atoms with Crippen molar-refractivity contribution < 1.29 is 0 Å². The van der Waals surface area contributed by atoms with E-state index in [0.29, 0.717) is 6.54 Å². The lowest BCUT2D eigenvalue weighted by molar-refractivity contribution is 0.707. The third kappa shape index (κ3) is 3.78. The minimum Gasteiger partial charge on any atom is -0.336 e. The molecule has 0 radical (unpaired) electrons. The lowest BCUT2D eigenvalue weighted by atomic mass is 10.5. The lowest BCUT2D eigenvalue weighted by Gasteiger charge is -1.94. The van der Waals surface area contributed by atoms with Gasteiger partial charge in [-0.1, -0.05) is 13.8 Å². The summed E-state index contributed by atoms with van der Waals surface area (Å²) in [7, 11) is 0. The first-order chi connectivity index (χ1) is 5.33. The summed E-state index contributed by atoms with van der Waals surface area (Å²) in [4.78, 5) is 4.04. The van der Waals surface area contributed by atoms with Crippen LogP contribution in [0.15, 0.2) is 12.5 Å². The topological polar surface area (TPSA) is 43.8 Å². The Bertz CT molecular complexity index is 181. The zero-order valence-electron chi connectivity index (χ0n) is 7.54. The molecule has 64 valence electrons. The van der Waals surface area contributed by atoms with Crippen molar-refractivity contribution in [2.45, 2.75) is 27.3 Å². The number of hydrogen-bond acceptors (Lipinski definition) is 2. The zero-order chi connectivity index (χ0) is 8.69. The lowest BCUT2D eigenvalue weighted by Crippen LogP contribution is -2.07. The maximum absolute atomic E-state index is 5.32. The number of hydrogen-bond donors (Lipinski definition) is 1. The summed E-state index contributed by atoms with van der Waals surface area (Å²) >= 11 is 0. The Morgan fingerprint density at radius 1 is 1.55 bits per heavy atom. The molecule has 0 aromatic carbocycles. The van der Waals surface area contributed by atoms with Gasteiger partial charge >= 0.3 is 0 Å². The van der Waals surface area contributed by atoms with E-state index >= 15 is 0 Å². The van der Waals surface area contributed by atoms with Gasteiger partial charge in [0.05, 0.1) is 12.0 Å². The molecule has 3 nitrogen and oxygen atoms in total. The van der Waals surface area contributed by atoms with Gasteiger partial charge in [0.15, 0.2) is 0 Å². The highest BCUT2D eigenvalue weighted by Gasteiger charge is 1.88. The molecule has 0 amide bonds. The first kappa shape index (κ1) is 10.2. The maximum Gasteiger partial charge on any atom is 0.0949 e. The Balaban J connectivity index is 0.000000461. The molecule has 0 aliphatic heterocycles. The number of nitrogens with zero attached hydrogens (tertiary/aromatic N) is 2. The SMILES string of the molecule is CC.Cc1cn(CCN)cn1. The summed E-state index contributed by atoms with van der Waals surface area (Å²) in [6.45, 7) is 7.50. The second-order valence-corrected chi connectivity index (χ2v) is 2.04. The van der Waals surface area contributed by atoms with Crippen LogP contribution in [0.2, 0.25) is 0 Å². The standard InChI is InChI=1S/C6H11N3.C2H6/c1-6-4-9(3-2-7)5-8-6;1-2/h4-5H,2-3,7H2,1H3;1-2H3. The van der Waals surface area contributed by atoms with Crippen molar-refractivity contribution in [1.29, 1.82) is 0 Å². The van der Waals surface area contributed by atoms with E-state index in [9.17, 15) is 0 Å². The van der Waals surface area contributed by atoms with Crippen LogP contribution in [0.5, 0.6) is 0 Å². The van der Waals surface area contributed by atoms with Gasteiger partial charge in [0.25, 0.3) is 0 Å². The van der Waals surface area contributed by atoms with E-state index in [4.69, 9.17) is 5.73 Å². The van der Waals surface area contributed by atoms with E-state index in [1.807, 2.05) is 31.5 Å². The predicted octanol–water partition coefficient (Wildman–Crippen LogP) is 1.18. The molecular weight excluding hydrogens is 138 g/mol. The zero-order valence-corrected chi connectivity index (χ0v) is 7.54. The normalized spacial score (nSPS) is 8.73. The number of nitrogens with two attached hydrogens (primary N) is 1. The Hall–Kier alpha value is -0.830. The fourth-order valence-electron chi connectivity index (χ4n) is 0.743. The maximum atomic E-state index is 5.32. The van der Waals surface area contributed by atoms with Crippen LogP contribution < -0.4 is 5.73 Å². The average molecular weight is 155 g/mol. The Kier molecular flexibility index (Phi) is 5.47. The van der Waals surface area contributed by atoms with Crippen LogP contribution in [0.4, 0.5) is 0 Å². The molecular formula is C8H17N3. The fraction of sp³-hybridized carbons (Fsp3) is 0.625. The smallest absolute Gasteiger partial charge is 0.0949 e. The molecule has 0 saturated carbocycles. The van der Waals surface area contributed by atoms with Crippen LogP contribution >= 0.6 is 0 Å². The van der Waals surface area contributed by atoms with Gasteiger partial charge in [0.2, 0.25) is 0 Å². The monoisotopic (exact) mass is 155 g/mol. The summed E-state index contributed by atoms with van der Waals surface area (Å²) in [5.74, 6) is 0. The average Bonchev–Trinajstić information content (AvgIpc) is 2.41. The summed E-state index contributed by atoms with van der Waals surface area (Å²) in [5, 5.41) is 0. The second kappa shape index (κ2) is 5.92. The van der Waals surface area contributed by atoms with Crippen LogP contribution in [0, 0.1) is 6.92 Å². The van der Waals surface area contributed by atoms with Crippen LogP contribution in [-0.2, 0) is 6.54 Å². The molecule has 0 bridgehead atoms. The van der Waals surface area contributed by atoms with Crippen LogP contribution in [0.1, 0.15) is 19.5 Å². The summed E-state index contributed by atoms with van der Waals surface area (Å²) in [6, 6.07) is 0. The van der Waals surface area contributed by atoms with Crippen molar-refractivity contribution in [2.24, 2.45) is 5.73 Å². The van der Waals surface area contributed by atoms with Crippen molar-refractivity contribution in [2.75, 3.05) is 6.54 Å². The fourth-order valence-corrected chi connectivity index (χ4v) is 0.743. The third-order valence-electron chi connectivity index (χ3n) is 1.15. The highest BCUT2D eigenvalue weighted by atomic mass is 15.0. The molecule has 0 unspecified atom stereocenters. The van der Waals surface area contributed by atoms with Gasteiger partial charge in [0, 0.05) is 19.3 Å². The highest BCUT2D eigenvalue weighted by Crippen LogP contribution is 1.90. The molecule has 2 N–H and O–H groups in total. The second-order valence-electron chi connectivity index (χ2n) is 2.04. The van der Waals surface area contributed by atoms with E-state index in [1.54, 1.807) is 6.33 Å². The molecule has 1 aromatic rings. The molecule has 0 fully saturated rings. The number of aromatic nitrogens is 2. The minimum absolute atomic E-state index is 0.676. The van der Waals surface area contributed by atoms with Crippen LogP contribution in [0.3, 0.4) is 0 Å². The Morgan fingerprint density at radius 3 is 2.55 bits per heavy atom. The van der Waals surface area contributed by atoms with Gasteiger partial charge in [0.1, 0.15) is 0 Å². The number of rotatable bonds is 2. The summed E-state index contributed by atoms with van der Waals surface area (Å²) < 4.78 is 1.98. The molecule has 1 heterocycles. The number of imidazole rings is 1. The Labute approximate surface area is 68.2 Å². The van der Waals surface area contributed by atoms with Crippen LogP contribution in [0.25, 0.3) is 0 Å². The van der Waals surface area contributed by atoms with Crippen LogP contribution in [-0.4, -0.2) is 16.1 Å². The molecule has 0 aliphatic rings. The van der Waals surface area contributed by atoms with E-state index in [-0.39, 0.29) is 0 Å². The van der Waals surface area contributed by atoms with Gasteiger partial charge in [-0.3, -0.25) is 0 Å². The van der Waals surface area contributed by atoms with E-state index in [1.165, 1.54) is 0 Å². The molecule has 0 aliphatic carbocycles. The highest BCUT2D eigenvalue weighted by molar-refractivity contribution is 4.91. The van der Waals surface area contributed by atoms with Gasteiger partial charge in [-0.25, -0.2) is 4.98 Å². The molecule has 0 spiro atoms. The Morgan fingerprint density at radius 2 is 2.18 bits per heavy atom. The molecule has 11 heavy (non-hydrogen) atoms. The van der Waals surface area contributed by atoms with E-state index < -0.39 is 0 Å². The molecule has 3 heteroatoms. The van der Waals surface area contributed by atoms with Gasteiger partial charge < -0.3 is 10.3 Å². The molecule has 0 atom stereocenters. The minimum atomic E-state index is 0.676. The number of aryl methyl sites for hydroxylation is 1. The van der Waals surface area contributed by atoms with Gasteiger partial charge in [-0.05, 0) is 6.92 Å². The quantitative estimate of drug-likeness (QED) is 0.697. The summed E-state index contributed by atoms with van der Waals surface area (Å²) in [5.41, 5.74) is 6.37. The molecule has 1 rings (SSSR count). The van der Waals surface area contributed by atoms with Crippen molar-refractivity contribution in [1.82, 2.24) is 9.55 Å². The van der Waals surface area contributed by atoms with E-state index in [2.05, 4.69) is 4.98 Å². The third-order valence-corrected chi connectivity index (χ3v) is 1.15. The first-order valence-corrected chi connectivity index (χ1v) is 4.01. The van der Waals surface area contributed by atoms with Crippen molar-refractivity contribution >= 4 is 0 Å². The summed E-state index contributed by atoms with van der Waals surface area (Å²) in [6.07, 6.45) is 3.77. The van der Waals surface area contributed by atoms with Gasteiger partial charge in [-0.2, -0.15) is 0 Å². The largest absolute Gasteiger partial charge is 0.336 e. The van der Waals surface area contributed by atoms with Crippen molar-refractivity contribution in [3.05, 3.63) is 18.2 Å². The van der Waals surface area contributed by atoms with Crippen molar-refractivity contribution in [3.63, 3.8) is 0 Å².